The first kappa shape index (κ1) is 20.5. The molecule has 0 radical (unpaired) electrons. The Balaban J connectivity index is 1.89. The van der Waals surface area contributed by atoms with Crippen molar-refractivity contribution in [3.63, 3.8) is 0 Å². The first-order valence-electron chi connectivity index (χ1n) is 9.96. The van der Waals surface area contributed by atoms with E-state index in [0.29, 0.717) is 42.9 Å². The predicted octanol–water partition coefficient (Wildman–Crippen LogP) is 4.23. The summed E-state index contributed by atoms with van der Waals surface area (Å²) in [6.07, 6.45) is 4.09. The second kappa shape index (κ2) is 9.75. The molecule has 0 bridgehead atoms. The number of carbonyl (C=O) groups excluding carboxylic acids is 2. The first-order valence-corrected chi connectivity index (χ1v) is 9.96. The Morgan fingerprint density at radius 1 is 1.27 bits per heavy atom. The van der Waals surface area contributed by atoms with Crippen LogP contribution in [0.4, 0.5) is 0 Å². The Morgan fingerprint density at radius 2 is 2.04 bits per heavy atom. The van der Waals surface area contributed by atoms with Gasteiger partial charge < -0.3 is 10.1 Å². The van der Waals surface area contributed by atoms with E-state index in [2.05, 4.69) is 26.1 Å². The van der Waals surface area contributed by atoms with Crippen LogP contribution >= 0.6 is 0 Å². The van der Waals surface area contributed by atoms with Gasteiger partial charge in [-0.05, 0) is 61.6 Å². The maximum absolute atomic E-state index is 12.7. The Hall–Kier alpha value is -1.84. The lowest BCUT2D eigenvalue weighted by Crippen LogP contribution is -2.40. The summed E-state index contributed by atoms with van der Waals surface area (Å²) >= 11 is 0. The number of hydrogen-bond donors (Lipinski definition) is 1. The third-order valence-electron chi connectivity index (χ3n) is 5.51. The number of nitrogens with one attached hydrogen (secondary N) is 1. The minimum absolute atomic E-state index is 0.129. The van der Waals surface area contributed by atoms with Crippen LogP contribution in [0.2, 0.25) is 0 Å². The largest absolute Gasteiger partial charge is 0.462 e. The number of esters is 1. The smallest absolute Gasteiger partial charge is 0.338 e. The molecule has 0 aromatic heterocycles. The van der Waals surface area contributed by atoms with Gasteiger partial charge in [0.05, 0.1) is 12.2 Å². The summed E-state index contributed by atoms with van der Waals surface area (Å²) in [5.41, 5.74) is 1.60. The van der Waals surface area contributed by atoms with Gasteiger partial charge in [-0.25, -0.2) is 4.79 Å². The summed E-state index contributed by atoms with van der Waals surface area (Å²) < 4.78 is 5.04. The average Bonchev–Trinajstić information content (AvgIpc) is 2.61. The molecule has 1 aliphatic carbocycles. The van der Waals surface area contributed by atoms with Crippen molar-refractivity contribution < 1.29 is 14.3 Å². The molecule has 0 heterocycles. The number of ether oxygens (including phenoxy) is 1. The lowest BCUT2D eigenvalue weighted by atomic mass is 9.70. The van der Waals surface area contributed by atoms with Gasteiger partial charge in [0.2, 0.25) is 5.91 Å². The minimum atomic E-state index is -0.297. The van der Waals surface area contributed by atoms with E-state index in [4.69, 9.17) is 4.74 Å². The summed E-state index contributed by atoms with van der Waals surface area (Å²) in [6.45, 7) is 9.46. The maximum Gasteiger partial charge on any atom is 0.338 e. The molecule has 4 heteroatoms. The molecule has 144 valence electrons. The molecule has 26 heavy (non-hydrogen) atoms. The van der Waals surface area contributed by atoms with Crippen molar-refractivity contribution in [3.8, 4) is 0 Å². The van der Waals surface area contributed by atoms with E-state index >= 15 is 0 Å². The zero-order valence-corrected chi connectivity index (χ0v) is 16.6. The molecule has 1 amide bonds. The summed E-state index contributed by atoms with van der Waals surface area (Å²) in [5.74, 6) is 1.68. The second-order valence-corrected chi connectivity index (χ2v) is 7.89. The molecule has 1 aromatic carbocycles. The highest BCUT2D eigenvalue weighted by Gasteiger charge is 2.35. The molecule has 0 saturated heterocycles. The van der Waals surface area contributed by atoms with Crippen molar-refractivity contribution in [3.05, 3.63) is 35.4 Å². The van der Waals surface area contributed by atoms with E-state index in [1.807, 2.05) is 18.2 Å². The highest BCUT2D eigenvalue weighted by Crippen LogP contribution is 2.38. The van der Waals surface area contributed by atoms with E-state index in [0.717, 1.165) is 18.4 Å². The zero-order chi connectivity index (χ0) is 19.1. The fraction of sp³-hybridized carbons (Fsp3) is 0.636. The third kappa shape index (κ3) is 5.58. The van der Waals surface area contributed by atoms with Crippen LogP contribution in [-0.2, 0) is 16.0 Å². The van der Waals surface area contributed by atoms with Gasteiger partial charge in [0.25, 0.3) is 0 Å². The molecule has 4 nitrogen and oxygen atoms in total. The highest BCUT2D eigenvalue weighted by molar-refractivity contribution is 5.89. The summed E-state index contributed by atoms with van der Waals surface area (Å²) in [7, 11) is 0. The van der Waals surface area contributed by atoms with Crippen LogP contribution in [0.15, 0.2) is 24.3 Å². The van der Waals surface area contributed by atoms with Crippen molar-refractivity contribution in [2.24, 2.45) is 23.7 Å². The highest BCUT2D eigenvalue weighted by atomic mass is 16.5. The van der Waals surface area contributed by atoms with Gasteiger partial charge in [0, 0.05) is 12.5 Å². The number of benzene rings is 1. The van der Waals surface area contributed by atoms with E-state index in [1.165, 1.54) is 6.42 Å². The molecular formula is C22H33NO3. The van der Waals surface area contributed by atoms with Crippen LogP contribution in [-0.4, -0.2) is 25.0 Å². The van der Waals surface area contributed by atoms with E-state index in [9.17, 15) is 9.59 Å². The first-order chi connectivity index (χ1) is 12.4. The quantitative estimate of drug-likeness (QED) is 0.741. The second-order valence-electron chi connectivity index (χ2n) is 7.89. The molecule has 1 unspecified atom stereocenters. The fourth-order valence-corrected chi connectivity index (χ4v) is 4.03. The Bertz CT molecular complexity index is 611. The van der Waals surface area contributed by atoms with E-state index in [1.54, 1.807) is 13.0 Å². The summed E-state index contributed by atoms with van der Waals surface area (Å²) in [5, 5.41) is 3.13. The Morgan fingerprint density at radius 3 is 2.73 bits per heavy atom. The van der Waals surface area contributed by atoms with E-state index < -0.39 is 0 Å². The van der Waals surface area contributed by atoms with Crippen LogP contribution in [0.1, 0.15) is 62.9 Å². The number of rotatable bonds is 7. The van der Waals surface area contributed by atoms with Crippen LogP contribution in [0.5, 0.6) is 0 Å². The Labute approximate surface area is 157 Å². The number of amides is 1. The van der Waals surface area contributed by atoms with Crippen molar-refractivity contribution in [1.82, 2.24) is 5.32 Å². The van der Waals surface area contributed by atoms with Gasteiger partial charge in [0.15, 0.2) is 0 Å². The van der Waals surface area contributed by atoms with Crippen LogP contribution in [0.3, 0.4) is 0 Å². The molecule has 1 fully saturated rings. The molecule has 0 spiro atoms. The fourth-order valence-electron chi connectivity index (χ4n) is 4.03. The third-order valence-corrected chi connectivity index (χ3v) is 5.51. The van der Waals surface area contributed by atoms with E-state index in [-0.39, 0.29) is 17.8 Å². The Kier molecular flexibility index (Phi) is 7.67. The van der Waals surface area contributed by atoms with Crippen molar-refractivity contribution in [2.75, 3.05) is 13.2 Å². The molecule has 1 saturated carbocycles. The lowest BCUT2D eigenvalue weighted by molar-refractivity contribution is -0.129. The van der Waals surface area contributed by atoms with Crippen LogP contribution < -0.4 is 5.32 Å². The molecule has 1 aliphatic rings. The predicted molar refractivity (Wildman–Crippen MR) is 104 cm³/mol. The molecular weight excluding hydrogens is 326 g/mol. The number of hydrogen-bond acceptors (Lipinski definition) is 3. The molecule has 2 rings (SSSR count). The standard InChI is InChI=1S/C22H33NO3/c1-5-26-22(25)18-8-6-7-17(14-18)11-12-23-21(24)20-13-16(4)9-10-19(20)15(2)3/h6-8,14-16,19-20H,5,9-13H2,1-4H3,(H,23,24)/t16?,19-,20+/m0/s1. The SMILES string of the molecule is CCOC(=O)c1cccc(CCNC(=O)[C@@H]2CC(C)CC[C@H]2C(C)C)c1. The monoisotopic (exact) mass is 359 g/mol. The van der Waals surface area contributed by atoms with Gasteiger partial charge in [-0.2, -0.15) is 0 Å². The van der Waals surface area contributed by atoms with Crippen molar-refractivity contribution in [1.29, 1.82) is 0 Å². The zero-order valence-electron chi connectivity index (χ0n) is 16.6. The van der Waals surface area contributed by atoms with Gasteiger partial charge in [-0.3, -0.25) is 4.79 Å². The maximum atomic E-state index is 12.7. The lowest BCUT2D eigenvalue weighted by Gasteiger charge is -2.36. The molecule has 1 N–H and O–H groups in total. The normalized spacial score (nSPS) is 22.9. The molecule has 3 atom stereocenters. The van der Waals surface area contributed by atoms with Gasteiger partial charge in [-0.15, -0.1) is 0 Å². The van der Waals surface area contributed by atoms with Crippen LogP contribution in [0, 0.1) is 23.7 Å². The summed E-state index contributed by atoms with van der Waals surface area (Å²) in [6, 6.07) is 7.45. The minimum Gasteiger partial charge on any atom is -0.462 e. The number of carbonyl (C=O) groups is 2. The average molecular weight is 360 g/mol. The van der Waals surface area contributed by atoms with Gasteiger partial charge in [0.1, 0.15) is 0 Å². The van der Waals surface area contributed by atoms with Crippen LogP contribution in [0.25, 0.3) is 0 Å². The van der Waals surface area contributed by atoms with Gasteiger partial charge >= 0.3 is 5.97 Å². The van der Waals surface area contributed by atoms with Gasteiger partial charge in [-0.1, -0.05) is 39.3 Å². The topological polar surface area (TPSA) is 55.4 Å². The summed E-state index contributed by atoms with van der Waals surface area (Å²) in [4.78, 5) is 24.5. The molecule has 1 aromatic rings. The van der Waals surface area contributed by atoms with Crippen molar-refractivity contribution >= 4 is 11.9 Å². The van der Waals surface area contributed by atoms with Crippen molar-refractivity contribution in [2.45, 2.75) is 53.4 Å². The molecule has 0 aliphatic heterocycles.